The highest BCUT2D eigenvalue weighted by atomic mass is 32.2. The van der Waals surface area contributed by atoms with Gasteiger partial charge in [0.05, 0.1) is 0 Å². The fraction of sp³-hybridized carbons (Fsp3) is 0.357. The van der Waals surface area contributed by atoms with Crippen molar-refractivity contribution >= 4 is 33.9 Å². The van der Waals surface area contributed by atoms with Gasteiger partial charge in [0.15, 0.2) is 0 Å². The maximum Gasteiger partial charge on any atom is 0.0439 e. The second kappa shape index (κ2) is 5.06. The van der Waals surface area contributed by atoms with Crippen LogP contribution in [0.3, 0.4) is 0 Å². The number of nitrogens with two attached hydrogens (primary N) is 1. The summed E-state index contributed by atoms with van der Waals surface area (Å²) in [5.74, 6) is 2.48. The van der Waals surface area contributed by atoms with Crippen molar-refractivity contribution in [2.24, 2.45) is 0 Å². The van der Waals surface area contributed by atoms with E-state index in [2.05, 4.69) is 16.4 Å². The van der Waals surface area contributed by atoms with E-state index in [1.165, 1.54) is 24.3 Å². The highest BCUT2D eigenvalue weighted by Gasteiger charge is 2.14. The zero-order chi connectivity index (χ0) is 12.4. The van der Waals surface area contributed by atoms with Crippen LogP contribution in [0.15, 0.2) is 30.6 Å². The van der Waals surface area contributed by atoms with E-state index in [0.29, 0.717) is 6.04 Å². The third-order valence-corrected chi connectivity index (χ3v) is 4.59. The van der Waals surface area contributed by atoms with Crippen molar-refractivity contribution in [2.45, 2.75) is 18.9 Å². The molecule has 0 aliphatic carbocycles. The SMILES string of the molecule is Nc1ccc(NC2CCCSC2)c2cnccc12. The Labute approximate surface area is 111 Å². The van der Waals surface area contributed by atoms with Crippen LogP contribution in [0.2, 0.25) is 0 Å². The topological polar surface area (TPSA) is 50.9 Å². The number of hydrogen-bond donors (Lipinski definition) is 2. The molecule has 2 heterocycles. The molecule has 94 valence electrons. The number of nitrogen functional groups attached to an aromatic ring is 1. The molecule has 1 aromatic carbocycles. The van der Waals surface area contributed by atoms with Crippen LogP contribution in [0.25, 0.3) is 10.8 Å². The number of nitrogens with zero attached hydrogens (tertiary/aromatic N) is 1. The molecule has 1 aliphatic rings. The van der Waals surface area contributed by atoms with Gasteiger partial charge in [0.1, 0.15) is 0 Å². The largest absolute Gasteiger partial charge is 0.398 e. The molecule has 1 atom stereocenters. The minimum Gasteiger partial charge on any atom is -0.398 e. The first-order chi connectivity index (χ1) is 8.84. The fourth-order valence-corrected chi connectivity index (χ4v) is 3.49. The third-order valence-electron chi connectivity index (χ3n) is 3.37. The minimum atomic E-state index is 0.566. The Hall–Kier alpha value is -1.42. The van der Waals surface area contributed by atoms with Crippen LogP contribution in [-0.2, 0) is 0 Å². The van der Waals surface area contributed by atoms with Crippen molar-refractivity contribution < 1.29 is 0 Å². The Bertz CT molecular complexity index is 550. The zero-order valence-electron chi connectivity index (χ0n) is 10.2. The Balaban J connectivity index is 1.94. The molecule has 3 rings (SSSR count). The number of thioether (sulfide) groups is 1. The lowest BCUT2D eigenvalue weighted by molar-refractivity contribution is 0.686. The highest BCUT2D eigenvalue weighted by molar-refractivity contribution is 7.99. The molecule has 0 spiro atoms. The molecular weight excluding hydrogens is 242 g/mol. The molecule has 1 saturated heterocycles. The Morgan fingerprint density at radius 3 is 3.06 bits per heavy atom. The molecule has 1 fully saturated rings. The van der Waals surface area contributed by atoms with Crippen LogP contribution in [-0.4, -0.2) is 22.5 Å². The average molecular weight is 259 g/mol. The summed E-state index contributed by atoms with van der Waals surface area (Å²) in [6, 6.07) is 6.58. The number of fused-ring (bicyclic) bond motifs is 1. The number of nitrogens with one attached hydrogen (secondary N) is 1. The lowest BCUT2D eigenvalue weighted by Gasteiger charge is -2.24. The summed E-state index contributed by atoms with van der Waals surface area (Å²) in [4.78, 5) is 4.21. The summed E-state index contributed by atoms with van der Waals surface area (Å²) >= 11 is 2.03. The van der Waals surface area contributed by atoms with E-state index in [4.69, 9.17) is 5.73 Å². The van der Waals surface area contributed by atoms with E-state index < -0.39 is 0 Å². The van der Waals surface area contributed by atoms with Gasteiger partial charge in [0.25, 0.3) is 0 Å². The van der Waals surface area contributed by atoms with E-state index in [0.717, 1.165) is 22.1 Å². The normalized spacial score (nSPS) is 19.9. The predicted octanol–water partition coefficient (Wildman–Crippen LogP) is 3.12. The lowest BCUT2D eigenvalue weighted by Crippen LogP contribution is -2.25. The van der Waals surface area contributed by atoms with Gasteiger partial charge in [-0.2, -0.15) is 11.8 Å². The Kier molecular flexibility index (Phi) is 3.28. The van der Waals surface area contributed by atoms with Crippen molar-refractivity contribution in [2.75, 3.05) is 22.6 Å². The van der Waals surface area contributed by atoms with E-state index in [1.54, 1.807) is 6.20 Å². The van der Waals surface area contributed by atoms with Gasteiger partial charge in [-0.1, -0.05) is 0 Å². The van der Waals surface area contributed by atoms with Gasteiger partial charge in [-0.05, 0) is 36.8 Å². The number of hydrogen-bond acceptors (Lipinski definition) is 4. The molecule has 18 heavy (non-hydrogen) atoms. The third kappa shape index (κ3) is 2.25. The molecule has 1 aliphatic heterocycles. The molecule has 2 aromatic rings. The van der Waals surface area contributed by atoms with Gasteiger partial charge in [-0.15, -0.1) is 0 Å². The molecule has 0 bridgehead atoms. The molecule has 0 radical (unpaired) electrons. The maximum absolute atomic E-state index is 6.00. The molecule has 0 saturated carbocycles. The summed E-state index contributed by atoms with van der Waals surface area (Å²) in [7, 11) is 0. The van der Waals surface area contributed by atoms with Gasteiger partial charge >= 0.3 is 0 Å². The Morgan fingerprint density at radius 2 is 2.22 bits per heavy atom. The van der Waals surface area contributed by atoms with Gasteiger partial charge in [0.2, 0.25) is 0 Å². The summed E-state index contributed by atoms with van der Waals surface area (Å²) < 4.78 is 0. The molecule has 1 unspecified atom stereocenters. The van der Waals surface area contributed by atoms with Crippen LogP contribution in [0.1, 0.15) is 12.8 Å². The Morgan fingerprint density at radius 1 is 1.28 bits per heavy atom. The summed E-state index contributed by atoms with van der Waals surface area (Å²) in [5.41, 5.74) is 7.97. The van der Waals surface area contributed by atoms with E-state index >= 15 is 0 Å². The van der Waals surface area contributed by atoms with Crippen LogP contribution in [0.4, 0.5) is 11.4 Å². The van der Waals surface area contributed by atoms with Crippen molar-refractivity contribution in [3.63, 3.8) is 0 Å². The summed E-state index contributed by atoms with van der Waals surface area (Å²) in [5, 5.41) is 5.84. The standard InChI is InChI=1S/C14H17N3S/c15-13-3-4-14(12-8-16-6-5-11(12)13)17-10-2-1-7-18-9-10/h3-6,8,10,17H,1-2,7,9,15H2. The van der Waals surface area contributed by atoms with Crippen molar-refractivity contribution in [1.82, 2.24) is 4.98 Å². The van der Waals surface area contributed by atoms with Crippen molar-refractivity contribution in [1.29, 1.82) is 0 Å². The van der Waals surface area contributed by atoms with Crippen LogP contribution >= 0.6 is 11.8 Å². The lowest BCUT2D eigenvalue weighted by atomic mass is 10.1. The zero-order valence-corrected chi connectivity index (χ0v) is 11.0. The molecule has 3 N–H and O–H groups in total. The first-order valence-electron chi connectivity index (χ1n) is 6.31. The van der Waals surface area contributed by atoms with E-state index in [-0.39, 0.29) is 0 Å². The number of anilines is 2. The van der Waals surface area contributed by atoms with Gasteiger partial charge in [0, 0.05) is 46.3 Å². The summed E-state index contributed by atoms with van der Waals surface area (Å²) in [6.07, 6.45) is 6.23. The number of benzene rings is 1. The smallest absolute Gasteiger partial charge is 0.0439 e. The van der Waals surface area contributed by atoms with E-state index in [9.17, 15) is 0 Å². The highest BCUT2D eigenvalue weighted by Crippen LogP contribution is 2.29. The molecule has 1 aromatic heterocycles. The number of pyridine rings is 1. The second-order valence-corrected chi connectivity index (χ2v) is 5.83. The predicted molar refractivity (Wildman–Crippen MR) is 80.1 cm³/mol. The minimum absolute atomic E-state index is 0.566. The van der Waals surface area contributed by atoms with Crippen LogP contribution in [0.5, 0.6) is 0 Å². The van der Waals surface area contributed by atoms with Gasteiger partial charge in [-0.25, -0.2) is 0 Å². The van der Waals surface area contributed by atoms with Gasteiger partial charge in [-0.3, -0.25) is 4.98 Å². The van der Waals surface area contributed by atoms with Crippen molar-refractivity contribution in [3.05, 3.63) is 30.6 Å². The van der Waals surface area contributed by atoms with Crippen LogP contribution < -0.4 is 11.1 Å². The van der Waals surface area contributed by atoms with Crippen molar-refractivity contribution in [3.8, 4) is 0 Å². The quantitative estimate of drug-likeness (QED) is 0.814. The average Bonchev–Trinajstić information content (AvgIpc) is 2.44. The first kappa shape index (κ1) is 11.7. The number of aromatic nitrogens is 1. The van der Waals surface area contributed by atoms with E-state index in [1.807, 2.05) is 30.1 Å². The monoisotopic (exact) mass is 259 g/mol. The van der Waals surface area contributed by atoms with Gasteiger partial charge < -0.3 is 11.1 Å². The molecule has 4 heteroatoms. The number of rotatable bonds is 2. The molecule has 0 amide bonds. The second-order valence-electron chi connectivity index (χ2n) is 4.68. The first-order valence-corrected chi connectivity index (χ1v) is 7.46. The fourth-order valence-electron chi connectivity index (χ4n) is 2.41. The molecular formula is C14H17N3S. The summed E-state index contributed by atoms with van der Waals surface area (Å²) in [6.45, 7) is 0. The van der Waals surface area contributed by atoms with Crippen LogP contribution in [0, 0.1) is 0 Å². The maximum atomic E-state index is 6.00. The molecule has 3 nitrogen and oxygen atoms in total.